The molecule has 1 saturated carbocycles. The molecule has 0 amide bonds. The third-order valence-electron chi connectivity index (χ3n) is 4.04. The zero-order valence-corrected chi connectivity index (χ0v) is 16.3. The molecule has 4 nitrogen and oxygen atoms in total. The van der Waals surface area contributed by atoms with Gasteiger partial charge in [-0.15, -0.1) is 11.3 Å². The van der Waals surface area contributed by atoms with Crippen LogP contribution in [-0.2, 0) is 4.74 Å². The van der Waals surface area contributed by atoms with Gasteiger partial charge in [-0.1, -0.05) is 34.5 Å². The first-order valence-electron chi connectivity index (χ1n) is 8.30. The standard InChI is InChI=1S/C18H22BrN3OS/c1-23-12-11-20-18-22(21-16-5-3-2-4-6-16)17(13-24-18)14-7-9-15(19)10-8-14/h7-10,13H,2-6,11-12H2,1H3. The smallest absolute Gasteiger partial charge is 0.206 e. The summed E-state index contributed by atoms with van der Waals surface area (Å²) in [5, 5.41) is 7.09. The summed E-state index contributed by atoms with van der Waals surface area (Å²) in [5.41, 5.74) is 3.54. The van der Waals surface area contributed by atoms with Crippen LogP contribution in [0.1, 0.15) is 32.1 Å². The Morgan fingerprint density at radius 1 is 1.17 bits per heavy atom. The SMILES string of the molecule is COCCN=c1scc(-c2ccc(Br)cc2)n1N=C1CCCCC1. The van der Waals surface area contributed by atoms with E-state index in [9.17, 15) is 0 Å². The normalized spacial score (nSPS) is 15.8. The molecule has 0 saturated heterocycles. The zero-order chi connectivity index (χ0) is 16.8. The van der Waals surface area contributed by atoms with Crippen molar-refractivity contribution >= 4 is 33.0 Å². The molecule has 0 unspecified atom stereocenters. The highest BCUT2D eigenvalue weighted by Gasteiger charge is 2.11. The van der Waals surface area contributed by atoms with Gasteiger partial charge in [0.25, 0.3) is 0 Å². The Hall–Kier alpha value is -1.24. The van der Waals surface area contributed by atoms with E-state index in [0.717, 1.165) is 33.4 Å². The van der Waals surface area contributed by atoms with Gasteiger partial charge in [0.1, 0.15) is 0 Å². The van der Waals surface area contributed by atoms with Crippen LogP contribution in [0.3, 0.4) is 0 Å². The van der Waals surface area contributed by atoms with Gasteiger partial charge in [-0.3, -0.25) is 4.99 Å². The topological polar surface area (TPSA) is 38.9 Å². The molecule has 0 aliphatic heterocycles. The van der Waals surface area contributed by atoms with E-state index in [2.05, 4.69) is 50.6 Å². The number of aromatic nitrogens is 1. The molecule has 0 bridgehead atoms. The molecule has 3 rings (SSSR count). The third-order valence-corrected chi connectivity index (χ3v) is 5.42. The molecular weight excluding hydrogens is 386 g/mol. The van der Waals surface area contributed by atoms with Gasteiger partial charge in [-0.25, -0.2) is 4.68 Å². The molecule has 128 valence electrons. The highest BCUT2D eigenvalue weighted by atomic mass is 79.9. The minimum absolute atomic E-state index is 0.627. The van der Waals surface area contributed by atoms with Gasteiger partial charge >= 0.3 is 0 Å². The lowest BCUT2D eigenvalue weighted by molar-refractivity contribution is 0.207. The maximum Gasteiger partial charge on any atom is 0.206 e. The Balaban J connectivity index is 2.01. The average Bonchev–Trinajstić information content (AvgIpc) is 2.99. The lowest BCUT2D eigenvalue weighted by Gasteiger charge is -2.13. The Morgan fingerprint density at radius 3 is 2.62 bits per heavy atom. The van der Waals surface area contributed by atoms with Crippen molar-refractivity contribution in [1.29, 1.82) is 0 Å². The fourth-order valence-electron chi connectivity index (χ4n) is 2.76. The fourth-order valence-corrected chi connectivity index (χ4v) is 3.88. The molecule has 1 aliphatic rings. The molecule has 1 aromatic carbocycles. The van der Waals surface area contributed by atoms with Gasteiger partial charge in [-0.05, 0) is 37.8 Å². The second-order valence-corrected chi connectivity index (χ2v) is 7.58. The molecule has 2 aromatic rings. The van der Waals surface area contributed by atoms with Crippen LogP contribution in [0.25, 0.3) is 11.3 Å². The van der Waals surface area contributed by atoms with Crippen molar-refractivity contribution in [3.8, 4) is 11.3 Å². The minimum Gasteiger partial charge on any atom is -0.383 e. The van der Waals surface area contributed by atoms with Gasteiger partial charge in [0.15, 0.2) is 0 Å². The van der Waals surface area contributed by atoms with E-state index in [4.69, 9.17) is 9.84 Å². The van der Waals surface area contributed by atoms with E-state index < -0.39 is 0 Å². The fraction of sp³-hybridized carbons (Fsp3) is 0.444. The Kier molecular flexibility index (Phi) is 6.40. The number of ether oxygens (including phenoxy) is 1. The van der Waals surface area contributed by atoms with Crippen LogP contribution < -0.4 is 4.80 Å². The zero-order valence-electron chi connectivity index (χ0n) is 13.9. The number of halogens is 1. The minimum atomic E-state index is 0.627. The summed E-state index contributed by atoms with van der Waals surface area (Å²) < 4.78 is 8.22. The van der Waals surface area contributed by atoms with Crippen molar-refractivity contribution in [2.75, 3.05) is 20.3 Å². The van der Waals surface area contributed by atoms with Crippen LogP contribution in [-0.4, -0.2) is 30.6 Å². The van der Waals surface area contributed by atoms with Gasteiger partial charge in [0, 0.05) is 28.2 Å². The van der Waals surface area contributed by atoms with Crippen molar-refractivity contribution in [3.05, 3.63) is 38.9 Å². The number of rotatable bonds is 5. The third kappa shape index (κ3) is 4.43. The van der Waals surface area contributed by atoms with Crippen LogP contribution in [0.4, 0.5) is 0 Å². The van der Waals surface area contributed by atoms with Crippen LogP contribution in [0, 0.1) is 0 Å². The molecular formula is C18H22BrN3OS. The van der Waals surface area contributed by atoms with Crippen molar-refractivity contribution in [3.63, 3.8) is 0 Å². The Labute approximate surface area is 155 Å². The number of methoxy groups -OCH3 is 1. The van der Waals surface area contributed by atoms with E-state index in [1.165, 1.54) is 25.0 Å². The molecule has 1 fully saturated rings. The summed E-state index contributed by atoms with van der Waals surface area (Å²) >= 11 is 5.14. The quantitative estimate of drug-likeness (QED) is 0.662. The monoisotopic (exact) mass is 407 g/mol. The Bertz CT molecular complexity index is 753. The maximum atomic E-state index is 5.12. The van der Waals surface area contributed by atoms with E-state index in [1.54, 1.807) is 18.4 Å². The summed E-state index contributed by atoms with van der Waals surface area (Å²) in [7, 11) is 1.70. The van der Waals surface area contributed by atoms with Crippen molar-refractivity contribution in [1.82, 2.24) is 4.68 Å². The second kappa shape index (κ2) is 8.74. The molecule has 1 aliphatic carbocycles. The second-order valence-electron chi connectivity index (χ2n) is 5.82. The van der Waals surface area contributed by atoms with Crippen molar-refractivity contribution < 1.29 is 4.74 Å². The van der Waals surface area contributed by atoms with Crippen LogP contribution in [0.5, 0.6) is 0 Å². The highest BCUT2D eigenvalue weighted by molar-refractivity contribution is 9.10. The molecule has 1 heterocycles. The largest absolute Gasteiger partial charge is 0.383 e. The number of benzene rings is 1. The summed E-state index contributed by atoms with van der Waals surface area (Å²) in [4.78, 5) is 5.60. The Morgan fingerprint density at radius 2 is 1.92 bits per heavy atom. The van der Waals surface area contributed by atoms with Gasteiger partial charge < -0.3 is 4.74 Å². The predicted molar refractivity (Wildman–Crippen MR) is 104 cm³/mol. The van der Waals surface area contributed by atoms with Crippen LogP contribution in [0.15, 0.2) is 44.2 Å². The first-order chi connectivity index (χ1) is 11.8. The van der Waals surface area contributed by atoms with Crippen molar-refractivity contribution in [2.45, 2.75) is 32.1 Å². The molecule has 0 spiro atoms. The summed E-state index contributed by atoms with van der Waals surface area (Å²) in [6.07, 6.45) is 6.00. The van der Waals surface area contributed by atoms with Gasteiger partial charge in [-0.2, -0.15) is 5.10 Å². The van der Waals surface area contributed by atoms with E-state index in [0.29, 0.717) is 13.2 Å². The lowest BCUT2D eigenvalue weighted by atomic mass is 9.99. The number of hydrogen-bond acceptors (Lipinski definition) is 4. The molecule has 24 heavy (non-hydrogen) atoms. The predicted octanol–water partition coefficient (Wildman–Crippen LogP) is 4.69. The summed E-state index contributed by atoms with van der Waals surface area (Å²) in [5.74, 6) is 0. The average molecular weight is 408 g/mol. The molecule has 0 radical (unpaired) electrons. The molecule has 0 N–H and O–H groups in total. The summed E-state index contributed by atoms with van der Waals surface area (Å²) in [6, 6.07) is 8.35. The first kappa shape index (κ1) is 17.6. The highest BCUT2D eigenvalue weighted by Crippen LogP contribution is 2.23. The number of nitrogens with zero attached hydrogens (tertiary/aromatic N) is 3. The number of thiazole rings is 1. The molecule has 0 atom stereocenters. The summed E-state index contributed by atoms with van der Waals surface area (Å²) in [6.45, 7) is 1.28. The van der Waals surface area contributed by atoms with Gasteiger partial charge in [0.05, 0.1) is 18.8 Å². The van der Waals surface area contributed by atoms with E-state index in [-0.39, 0.29) is 0 Å². The van der Waals surface area contributed by atoms with Crippen LogP contribution >= 0.6 is 27.3 Å². The van der Waals surface area contributed by atoms with Gasteiger partial charge in [0.2, 0.25) is 4.80 Å². The lowest BCUT2D eigenvalue weighted by Crippen LogP contribution is -2.17. The molecule has 6 heteroatoms. The molecule has 1 aromatic heterocycles. The number of hydrogen-bond donors (Lipinski definition) is 0. The maximum absolute atomic E-state index is 5.12. The van der Waals surface area contributed by atoms with Crippen molar-refractivity contribution in [2.24, 2.45) is 10.1 Å². The van der Waals surface area contributed by atoms with E-state index in [1.807, 2.05) is 4.68 Å². The van der Waals surface area contributed by atoms with E-state index >= 15 is 0 Å². The van der Waals surface area contributed by atoms with Crippen LogP contribution in [0.2, 0.25) is 0 Å². The first-order valence-corrected chi connectivity index (χ1v) is 9.98.